The fourth-order valence-electron chi connectivity index (χ4n) is 11.0. The Hall–Kier alpha value is -7.63. The third kappa shape index (κ3) is 17.0. The minimum atomic E-state index is -4.81. The third-order valence-electron chi connectivity index (χ3n) is 15.2. The highest BCUT2D eigenvalue weighted by Crippen LogP contribution is 2.36. The van der Waals surface area contributed by atoms with E-state index in [1.54, 1.807) is 49.5 Å². The van der Waals surface area contributed by atoms with Gasteiger partial charge >= 0.3 is 18.1 Å². The van der Waals surface area contributed by atoms with E-state index >= 15 is 0 Å². The average Bonchev–Trinajstić information content (AvgIpc) is 3.58. The van der Waals surface area contributed by atoms with Crippen LogP contribution in [0.1, 0.15) is 139 Å². The van der Waals surface area contributed by atoms with Gasteiger partial charge in [-0.2, -0.15) is 13.2 Å². The quantitative estimate of drug-likeness (QED) is 0.0408. The predicted molar refractivity (Wildman–Crippen MR) is 320 cm³/mol. The van der Waals surface area contributed by atoms with Crippen LogP contribution in [-0.2, 0) is 44.6 Å². The molecule has 0 fully saturated rings. The van der Waals surface area contributed by atoms with Crippen LogP contribution >= 0.6 is 0 Å². The smallest absolute Gasteiger partial charge is 0.416 e. The van der Waals surface area contributed by atoms with Crippen molar-refractivity contribution in [2.24, 2.45) is 11.8 Å². The summed E-state index contributed by atoms with van der Waals surface area (Å²) in [6, 6.07) is 22.6. The van der Waals surface area contributed by atoms with Crippen molar-refractivity contribution >= 4 is 23.8 Å². The van der Waals surface area contributed by atoms with Gasteiger partial charge in [0.15, 0.2) is 0 Å². The zero-order chi connectivity index (χ0) is 61.2. The molecule has 0 unspecified atom stereocenters. The highest BCUT2D eigenvalue weighted by molar-refractivity contribution is 5.83. The van der Waals surface area contributed by atoms with Gasteiger partial charge in [0.2, 0.25) is 11.8 Å². The Labute approximate surface area is 485 Å². The summed E-state index contributed by atoms with van der Waals surface area (Å²) in [6.07, 6.45) is -1.63. The molecule has 444 valence electrons. The van der Waals surface area contributed by atoms with Gasteiger partial charge in [0.1, 0.15) is 12.1 Å². The number of likely N-dealkylation sites (N-methyl/N-ethyl adjacent to an activating group) is 2. The van der Waals surface area contributed by atoms with Crippen LogP contribution in [0.3, 0.4) is 0 Å². The number of carboxylic acid groups (broad SMARTS) is 2. The molecule has 4 N–H and O–H groups in total. The third-order valence-corrected chi connectivity index (χ3v) is 15.2. The summed E-state index contributed by atoms with van der Waals surface area (Å²) in [5.41, 5.74) is 8.36. The first-order chi connectivity index (χ1) is 39.0. The summed E-state index contributed by atoms with van der Waals surface area (Å²) in [6.45, 7) is 16.4. The van der Waals surface area contributed by atoms with E-state index in [-0.39, 0.29) is 43.2 Å². The van der Waals surface area contributed by atoms with Gasteiger partial charge in [-0.15, -0.1) is 0 Å². The monoisotopic (exact) mass is 1140 g/mol. The van der Waals surface area contributed by atoms with E-state index in [2.05, 4.69) is 10.6 Å². The number of amides is 2. The second-order valence-corrected chi connectivity index (χ2v) is 23.5. The van der Waals surface area contributed by atoms with Crippen molar-refractivity contribution < 1.29 is 42.6 Å². The molecule has 0 bridgehead atoms. The number of pyridine rings is 2. The standard InChI is InChI=1S/C66H81F3N6O8/c1-39(2)28-56(64(82)70-54(35-60(78)79)46-18-14-20-48(31-46)62-41(5)16-13-17-42(62)6)74-37-50(24-26-72(9)10)52(33-58(74)76)30-45-23-22-43(7)63(44(45)8)49-21-15-19-47(32-49)55(36-61(80)81)71-65(83)57(29-40(3)4)75-38-51(25-27-73(11)12)53(34-59(75)77)66(67,68)69/h13-23,31-34,37-40,54-57H,24-30,35-36H2,1-12H3,(H,70,82)(H,71,83)(H,78,79)(H,80,81)/t54-,55-,56+,57-/m0/s1. The minimum Gasteiger partial charge on any atom is -0.481 e. The molecule has 0 saturated heterocycles. The molecule has 0 aliphatic rings. The number of hydrogen-bond donors (Lipinski definition) is 4. The number of benzene rings is 4. The summed E-state index contributed by atoms with van der Waals surface area (Å²) in [5.74, 6) is -3.71. The number of hydrogen-bond acceptors (Lipinski definition) is 8. The molecule has 2 aromatic heterocycles. The lowest BCUT2D eigenvalue weighted by Crippen LogP contribution is -2.40. The molecule has 0 radical (unpaired) electrons. The van der Waals surface area contributed by atoms with E-state index in [9.17, 15) is 52.2 Å². The van der Waals surface area contributed by atoms with Crippen LogP contribution in [-0.4, -0.2) is 94.2 Å². The Morgan fingerprint density at radius 2 is 0.988 bits per heavy atom. The van der Waals surface area contributed by atoms with Crippen LogP contribution in [0.2, 0.25) is 0 Å². The van der Waals surface area contributed by atoms with Crippen molar-refractivity contribution in [1.82, 2.24) is 29.6 Å². The number of carbonyl (C=O) groups excluding carboxylic acids is 2. The minimum absolute atomic E-state index is 0.0253. The Bertz CT molecular complexity index is 3410. The van der Waals surface area contributed by atoms with E-state index in [0.29, 0.717) is 43.0 Å². The first-order valence-electron chi connectivity index (χ1n) is 28.3. The van der Waals surface area contributed by atoms with E-state index in [0.717, 1.165) is 72.0 Å². The van der Waals surface area contributed by atoms with Crippen LogP contribution in [0.25, 0.3) is 22.3 Å². The highest BCUT2D eigenvalue weighted by atomic mass is 19.4. The fraction of sp³-hybridized carbons (Fsp3) is 0.424. The number of carbonyl (C=O) groups is 4. The molecule has 2 amide bonds. The second-order valence-electron chi connectivity index (χ2n) is 23.5. The van der Waals surface area contributed by atoms with Gasteiger partial charge in [-0.25, -0.2) is 0 Å². The lowest BCUT2D eigenvalue weighted by molar-refractivity contribution is -0.139. The van der Waals surface area contributed by atoms with E-state index < -0.39 is 77.2 Å². The lowest BCUT2D eigenvalue weighted by atomic mass is 9.87. The van der Waals surface area contributed by atoms with Gasteiger partial charge in [-0.3, -0.25) is 28.8 Å². The number of aliphatic carboxylic acids is 2. The molecule has 6 rings (SSSR count). The molecular weight excluding hydrogens is 1060 g/mol. The summed E-state index contributed by atoms with van der Waals surface area (Å²) in [7, 11) is 7.34. The summed E-state index contributed by atoms with van der Waals surface area (Å²) < 4.78 is 45.3. The number of nitrogens with one attached hydrogen (secondary N) is 2. The van der Waals surface area contributed by atoms with Crippen LogP contribution < -0.4 is 21.8 Å². The zero-order valence-electron chi connectivity index (χ0n) is 49.9. The van der Waals surface area contributed by atoms with Gasteiger partial charge in [0, 0.05) is 37.6 Å². The van der Waals surface area contributed by atoms with E-state index in [1.165, 1.54) is 4.57 Å². The SMILES string of the molecule is Cc1cccc(C)c1-c1cccc([C@H](CC(=O)O)NC(=O)[C@@H](CC(C)C)n2cc(CCN(C)C)c(Cc3ccc(C)c(-c4cccc([C@H](CC(=O)O)NC(=O)[C@H](CC(C)C)n5cc(CCN(C)C)c(C(F)(F)F)cc5=O)c4)c3C)cc2=O)c1. The second kappa shape index (κ2) is 28.1. The van der Waals surface area contributed by atoms with Crippen LogP contribution in [0, 0.1) is 39.5 Å². The summed E-state index contributed by atoms with van der Waals surface area (Å²) >= 11 is 0. The van der Waals surface area contributed by atoms with Crippen molar-refractivity contribution in [3.8, 4) is 22.3 Å². The number of halogens is 3. The first kappa shape index (κ1) is 64.5. The predicted octanol–water partition coefficient (Wildman–Crippen LogP) is 11.2. The van der Waals surface area contributed by atoms with Gasteiger partial charge in [-0.05, 0) is 190 Å². The summed E-state index contributed by atoms with van der Waals surface area (Å²) in [4.78, 5) is 85.9. The van der Waals surface area contributed by atoms with Crippen LogP contribution in [0.4, 0.5) is 13.2 Å². The fourth-order valence-corrected chi connectivity index (χ4v) is 11.0. The Morgan fingerprint density at radius 3 is 1.45 bits per heavy atom. The lowest BCUT2D eigenvalue weighted by Gasteiger charge is -2.27. The van der Waals surface area contributed by atoms with Gasteiger partial charge in [0.05, 0.1) is 30.5 Å². The maximum Gasteiger partial charge on any atom is 0.416 e. The highest BCUT2D eigenvalue weighted by Gasteiger charge is 2.36. The first-order valence-corrected chi connectivity index (χ1v) is 28.3. The Morgan fingerprint density at radius 1 is 0.554 bits per heavy atom. The zero-order valence-corrected chi connectivity index (χ0v) is 49.9. The Balaban J connectivity index is 1.35. The number of rotatable bonds is 26. The van der Waals surface area contributed by atoms with Gasteiger partial charge in [0.25, 0.3) is 11.1 Å². The summed E-state index contributed by atoms with van der Waals surface area (Å²) in [5, 5.41) is 26.2. The molecule has 83 heavy (non-hydrogen) atoms. The number of nitrogens with zero attached hydrogens (tertiary/aromatic N) is 4. The molecule has 17 heteroatoms. The number of aromatic nitrogens is 2. The van der Waals surface area contributed by atoms with Crippen LogP contribution in [0.5, 0.6) is 0 Å². The van der Waals surface area contributed by atoms with E-state index in [4.69, 9.17) is 0 Å². The molecule has 0 saturated carbocycles. The van der Waals surface area contributed by atoms with Crippen molar-refractivity contribution in [3.05, 3.63) is 185 Å². The van der Waals surface area contributed by atoms with Gasteiger partial charge < -0.3 is 39.8 Å². The number of carboxylic acids is 2. The number of aryl methyl sites for hydroxylation is 3. The average molecular weight is 1140 g/mol. The molecule has 6 aromatic rings. The molecule has 4 aromatic carbocycles. The topological polar surface area (TPSA) is 183 Å². The molecule has 0 aliphatic carbocycles. The molecule has 4 atom stereocenters. The van der Waals surface area contributed by atoms with Crippen molar-refractivity contribution in [2.45, 2.75) is 131 Å². The maximum absolute atomic E-state index is 14.7. The largest absolute Gasteiger partial charge is 0.481 e. The molecular formula is C66H81F3N6O8. The van der Waals surface area contributed by atoms with Crippen LogP contribution in [0.15, 0.2) is 113 Å². The van der Waals surface area contributed by atoms with Crippen molar-refractivity contribution in [1.29, 1.82) is 0 Å². The van der Waals surface area contributed by atoms with Gasteiger partial charge in [-0.1, -0.05) is 94.4 Å². The van der Waals surface area contributed by atoms with Crippen molar-refractivity contribution in [3.63, 3.8) is 0 Å². The molecule has 2 heterocycles. The number of alkyl halides is 3. The molecule has 14 nitrogen and oxygen atoms in total. The maximum atomic E-state index is 14.7. The van der Waals surface area contributed by atoms with E-state index in [1.807, 2.05) is 135 Å². The normalized spacial score (nSPS) is 13.3. The Kier molecular flexibility index (Phi) is 21.8. The van der Waals surface area contributed by atoms with Crippen molar-refractivity contribution in [2.75, 3.05) is 41.3 Å². The molecule has 0 spiro atoms. The molecule has 0 aliphatic heterocycles.